The van der Waals surface area contributed by atoms with Gasteiger partial charge in [0.15, 0.2) is 0 Å². The fourth-order valence-corrected chi connectivity index (χ4v) is 3.32. The van der Waals surface area contributed by atoms with Crippen LogP contribution in [0.3, 0.4) is 0 Å². The van der Waals surface area contributed by atoms with Crippen LogP contribution < -0.4 is 5.32 Å². The molecule has 7 heteroatoms. The number of nitrogens with zero attached hydrogens (tertiary/aromatic N) is 1. The van der Waals surface area contributed by atoms with E-state index in [1.54, 1.807) is 0 Å². The molecule has 0 saturated carbocycles. The van der Waals surface area contributed by atoms with Crippen LogP contribution in [0.4, 0.5) is 4.79 Å². The fraction of sp³-hybridized carbons (Fsp3) is 0.533. The molecule has 1 aliphatic rings. The molecule has 1 amide bonds. The van der Waals surface area contributed by atoms with E-state index in [0.717, 1.165) is 18.4 Å². The smallest absolute Gasteiger partial charge is 0.407 e. The van der Waals surface area contributed by atoms with Crippen LogP contribution in [0.5, 0.6) is 0 Å². The molecule has 1 aromatic rings. The molecule has 6 nitrogen and oxygen atoms in total. The van der Waals surface area contributed by atoms with Crippen LogP contribution in [0.2, 0.25) is 0 Å². The summed E-state index contributed by atoms with van der Waals surface area (Å²) in [6, 6.07) is 9.49. The number of carbonyl (C=O) groups excluding carboxylic acids is 1. The van der Waals surface area contributed by atoms with Crippen molar-refractivity contribution in [3.8, 4) is 0 Å². The van der Waals surface area contributed by atoms with Crippen LogP contribution >= 0.6 is 0 Å². The highest BCUT2D eigenvalue weighted by Crippen LogP contribution is 2.18. The minimum absolute atomic E-state index is 0.249. The maximum Gasteiger partial charge on any atom is 0.407 e. The van der Waals surface area contributed by atoms with Crippen LogP contribution in [0.1, 0.15) is 18.4 Å². The molecule has 2 rings (SSSR count). The summed E-state index contributed by atoms with van der Waals surface area (Å²) in [7, 11) is -3.10. The van der Waals surface area contributed by atoms with E-state index in [1.165, 1.54) is 10.6 Å². The Hall–Kier alpha value is -1.60. The average Bonchev–Trinajstić information content (AvgIpc) is 2.51. The van der Waals surface area contributed by atoms with E-state index in [2.05, 4.69) is 5.32 Å². The van der Waals surface area contributed by atoms with Gasteiger partial charge >= 0.3 is 6.09 Å². The number of rotatable bonds is 5. The van der Waals surface area contributed by atoms with Gasteiger partial charge in [0.05, 0.1) is 6.26 Å². The quantitative estimate of drug-likeness (QED) is 0.891. The van der Waals surface area contributed by atoms with Crippen LogP contribution in [0, 0.1) is 5.92 Å². The molecule has 0 spiro atoms. The van der Waals surface area contributed by atoms with Gasteiger partial charge in [0.25, 0.3) is 0 Å². The molecule has 0 atom stereocenters. The van der Waals surface area contributed by atoms with E-state index in [-0.39, 0.29) is 6.61 Å². The minimum atomic E-state index is -3.10. The number of nitrogens with one attached hydrogen (secondary N) is 1. The molecular weight excluding hydrogens is 304 g/mol. The van der Waals surface area contributed by atoms with Gasteiger partial charge < -0.3 is 10.1 Å². The van der Waals surface area contributed by atoms with Crippen molar-refractivity contribution in [3.05, 3.63) is 35.9 Å². The van der Waals surface area contributed by atoms with E-state index >= 15 is 0 Å². The molecule has 0 aromatic heterocycles. The van der Waals surface area contributed by atoms with Gasteiger partial charge in [0.1, 0.15) is 6.61 Å². The third-order valence-corrected chi connectivity index (χ3v) is 5.09. The number of alkyl carbamates (subject to hydrolysis) is 1. The second-order valence-electron chi connectivity index (χ2n) is 5.55. The van der Waals surface area contributed by atoms with Crippen molar-refractivity contribution < 1.29 is 17.9 Å². The zero-order valence-corrected chi connectivity index (χ0v) is 13.5. The second kappa shape index (κ2) is 7.60. The van der Waals surface area contributed by atoms with Crippen molar-refractivity contribution in [1.29, 1.82) is 0 Å². The Balaban J connectivity index is 1.65. The Morgan fingerprint density at radius 2 is 1.91 bits per heavy atom. The third-order valence-electron chi connectivity index (χ3n) is 3.79. The van der Waals surface area contributed by atoms with Gasteiger partial charge in [-0.25, -0.2) is 17.5 Å². The predicted molar refractivity (Wildman–Crippen MR) is 83.8 cm³/mol. The second-order valence-corrected chi connectivity index (χ2v) is 7.53. The molecule has 1 aromatic carbocycles. The Morgan fingerprint density at radius 3 is 2.50 bits per heavy atom. The highest BCUT2D eigenvalue weighted by atomic mass is 32.2. The lowest BCUT2D eigenvalue weighted by Crippen LogP contribution is -2.41. The SMILES string of the molecule is CS(=O)(=O)N1CCC(CNC(=O)OCc2ccccc2)CC1. The molecule has 122 valence electrons. The van der Waals surface area contributed by atoms with E-state index in [4.69, 9.17) is 4.74 Å². The van der Waals surface area contributed by atoms with E-state index in [0.29, 0.717) is 25.6 Å². The lowest BCUT2D eigenvalue weighted by Gasteiger charge is -2.30. The lowest BCUT2D eigenvalue weighted by atomic mass is 9.98. The first-order valence-corrected chi connectivity index (χ1v) is 9.19. The van der Waals surface area contributed by atoms with Crippen LogP contribution in [-0.2, 0) is 21.4 Å². The highest BCUT2D eigenvalue weighted by molar-refractivity contribution is 7.88. The van der Waals surface area contributed by atoms with Gasteiger partial charge in [-0.15, -0.1) is 0 Å². The van der Waals surface area contributed by atoms with Crippen molar-refractivity contribution in [3.63, 3.8) is 0 Å². The minimum Gasteiger partial charge on any atom is -0.445 e. The maximum atomic E-state index is 11.6. The summed E-state index contributed by atoms with van der Waals surface area (Å²) in [6.07, 6.45) is 2.30. The Labute approximate surface area is 131 Å². The van der Waals surface area contributed by atoms with E-state index in [9.17, 15) is 13.2 Å². The zero-order chi connectivity index (χ0) is 16.0. The van der Waals surface area contributed by atoms with Gasteiger partial charge in [-0.1, -0.05) is 30.3 Å². The van der Waals surface area contributed by atoms with E-state index in [1.807, 2.05) is 30.3 Å². The first-order chi connectivity index (χ1) is 10.4. The van der Waals surface area contributed by atoms with Gasteiger partial charge in [-0.05, 0) is 24.3 Å². The standard InChI is InChI=1S/C15H22N2O4S/c1-22(19,20)17-9-7-13(8-10-17)11-16-15(18)21-12-14-5-3-2-4-6-14/h2-6,13H,7-12H2,1H3,(H,16,18). The molecular formula is C15H22N2O4S. The normalized spacial score (nSPS) is 17.1. The summed E-state index contributed by atoms with van der Waals surface area (Å²) in [4.78, 5) is 11.6. The molecule has 0 bridgehead atoms. The zero-order valence-electron chi connectivity index (χ0n) is 12.7. The van der Waals surface area contributed by atoms with Crippen LogP contribution in [0.15, 0.2) is 30.3 Å². The number of ether oxygens (including phenoxy) is 1. The molecule has 0 aliphatic carbocycles. The number of amides is 1. The van der Waals surface area contributed by atoms with Crippen molar-refractivity contribution in [2.75, 3.05) is 25.9 Å². The number of sulfonamides is 1. The van der Waals surface area contributed by atoms with Crippen LogP contribution in [-0.4, -0.2) is 44.7 Å². The van der Waals surface area contributed by atoms with Crippen LogP contribution in [0.25, 0.3) is 0 Å². The molecule has 1 N–H and O–H groups in total. The molecule has 1 saturated heterocycles. The molecule has 1 fully saturated rings. The highest BCUT2D eigenvalue weighted by Gasteiger charge is 2.25. The Kier molecular flexibility index (Phi) is 5.79. The fourth-order valence-electron chi connectivity index (χ4n) is 2.45. The topological polar surface area (TPSA) is 75.7 Å². The van der Waals surface area contributed by atoms with Crippen molar-refractivity contribution >= 4 is 16.1 Å². The monoisotopic (exact) mass is 326 g/mol. The summed E-state index contributed by atoms with van der Waals surface area (Å²) in [5.41, 5.74) is 0.944. The number of hydrogen-bond acceptors (Lipinski definition) is 4. The molecule has 0 unspecified atom stereocenters. The molecule has 22 heavy (non-hydrogen) atoms. The van der Waals surface area contributed by atoms with Gasteiger partial charge in [-0.2, -0.15) is 0 Å². The average molecular weight is 326 g/mol. The molecule has 0 radical (unpaired) electrons. The maximum absolute atomic E-state index is 11.6. The third kappa shape index (κ3) is 5.31. The van der Waals surface area contributed by atoms with Crippen molar-refractivity contribution in [1.82, 2.24) is 9.62 Å². The largest absolute Gasteiger partial charge is 0.445 e. The predicted octanol–water partition coefficient (Wildman–Crippen LogP) is 1.58. The first kappa shape index (κ1) is 16.8. The van der Waals surface area contributed by atoms with Crippen molar-refractivity contribution in [2.24, 2.45) is 5.92 Å². The Morgan fingerprint density at radius 1 is 1.27 bits per heavy atom. The van der Waals surface area contributed by atoms with E-state index < -0.39 is 16.1 Å². The molecule has 1 aliphatic heterocycles. The summed E-state index contributed by atoms with van der Waals surface area (Å²) in [5, 5.41) is 2.75. The Bertz CT molecular complexity index is 581. The summed E-state index contributed by atoms with van der Waals surface area (Å²) in [5.74, 6) is 0.294. The van der Waals surface area contributed by atoms with Gasteiger partial charge in [-0.3, -0.25) is 0 Å². The first-order valence-electron chi connectivity index (χ1n) is 7.35. The lowest BCUT2D eigenvalue weighted by molar-refractivity contribution is 0.136. The number of piperidine rings is 1. The van der Waals surface area contributed by atoms with Gasteiger partial charge in [0, 0.05) is 19.6 Å². The molecule has 1 heterocycles. The van der Waals surface area contributed by atoms with Gasteiger partial charge in [0.2, 0.25) is 10.0 Å². The number of benzene rings is 1. The summed E-state index contributed by atoms with van der Waals surface area (Å²) in [6.45, 7) is 1.80. The summed E-state index contributed by atoms with van der Waals surface area (Å²) >= 11 is 0. The van der Waals surface area contributed by atoms with Crippen molar-refractivity contribution in [2.45, 2.75) is 19.4 Å². The summed E-state index contributed by atoms with van der Waals surface area (Å²) < 4.78 is 29.5. The number of carbonyl (C=O) groups is 1. The number of hydrogen-bond donors (Lipinski definition) is 1.